The Labute approximate surface area is 152 Å². The first-order valence-corrected chi connectivity index (χ1v) is 9.13. The predicted octanol–water partition coefficient (Wildman–Crippen LogP) is 4.04. The van der Waals surface area contributed by atoms with Crippen LogP contribution in [0.1, 0.15) is 26.0 Å². The van der Waals surface area contributed by atoms with Crippen LogP contribution < -0.4 is 10.9 Å². The molecule has 0 radical (unpaired) electrons. The molecule has 0 aliphatic heterocycles. The number of aryl methyl sites for hydroxylation is 1. The van der Waals surface area contributed by atoms with E-state index in [-0.39, 0.29) is 5.56 Å². The summed E-state index contributed by atoms with van der Waals surface area (Å²) < 4.78 is 0.404. The number of para-hydroxylation sites is 1. The number of aromatic nitrogens is 2. The van der Waals surface area contributed by atoms with Crippen LogP contribution >= 0.6 is 24.0 Å². The Morgan fingerprint density at radius 3 is 2.25 bits per heavy atom. The molecule has 24 heavy (non-hydrogen) atoms. The summed E-state index contributed by atoms with van der Waals surface area (Å²) in [6.45, 7) is 4.00. The first-order chi connectivity index (χ1) is 11.6. The van der Waals surface area contributed by atoms with Gasteiger partial charge in [-0.1, -0.05) is 50.2 Å². The quantitative estimate of drug-likeness (QED) is 0.549. The summed E-state index contributed by atoms with van der Waals surface area (Å²) in [5.41, 5.74) is 2.78. The molecule has 1 heterocycles. The molecular formula is C17H25N3O2S2. The lowest BCUT2D eigenvalue weighted by Gasteiger charge is -1.95. The highest BCUT2D eigenvalue weighted by atomic mass is 32.2. The number of hydrogen-bond donors (Lipinski definition) is 3. The minimum absolute atomic E-state index is 0.128. The number of carbonyl (C=O) groups excluding carboxylic acids is 1. The maximum absolute atomic E-state index is 10.8. The van der Waals surface area contributed by atoms with Gasteiger partial charge in [0.15, 0.2) is 10.4 Å². The second-order valence-electron chi connectivity index (χ2n) is 4.53. The lowest BCUT2D eigenvalue weighted by Crippen LogP contribution is -2.08. The molecule has 5 nitrogen and oxygen atoms in total. The van der Waals surface area contributed by atoms with Crippen molar-refractivity contribution in [2.75, 3.05) is 18.1 Å². The van der Waals surface area contributed by atoms with E-state index in [1.807, 2.05) is 44.3 Å². The number of aromatic amines is 2. The average Bonchev–Trinajstić information content (AvgIpc) is 2.57. The van der Waals surface area contributed by atoms with Crippen LogP contribution in [0.4, 0.5) is 5.69 Å². The topological polar surface area (TPSA) is 77.8 Å². The normalized spacial score (nSPS) is 8.96. The molecule has 0 saturated heterocycles. The third-order valence-electron chi connectivity index (χ3n) is 2.63. The van der Waals surface area contributed by atoms with Crippen molar-refractivity contribution in [2.45, 2.75) is 26.7 Å². The van der Waals surface area contributed by atoms with Gasteiger partial charge in [-0.3, -0.25) is 14.6 Å². The molecule has 0 saturated carbocycles. The zero-order valence-electron chi connectivity index (χ0n) is 14.3. The number of nitrogens with one attached hydrogen (secondary N) is 3. The van der Waals surface area contributed by atoms with Gasteiger partial charge in [-0.25, -0.2) is 0 Å². The molecule has 0 atom stereocenters. The monoisotopic (exact) mass is 367 g/mol. The maximum atomic E-state index is 10.8. The van der Waals surface area contributed by atoms with E-state index in [4.69, 9.17) is 12.2 Å². The minimum Gasteiger partial charge on any atom is -0.388 e. The smallest absolute Gasteiger partial charge is 0.251 e. The summed E-state index contributed by atoms with van der Waals surface area (Å²) in [7, 11) is 1.91. The zero-order chi connectivity index (χ0) is 18.2. The Morgan fingerprint density at radius 2 is 1.88 bits per heavy atom. The fourth-order valence-electron chi connectivity index (χ4n) is 1.60. The van der Waals surface area contributed by atoms with Gasteiger partial charge in [0.25, 0.3) is 5.56 Å². The molecule has 3 N–H and O–H groups in total. The fourth-order valence-corrected chi connectivity index (χ4v) is 1.96. The summed E-state index contributed by atoms with van der Waals surface area (Å²) in [5, 5.41) is 3.03. The molecule has 0 bridgehead atoms. The molecule has 0 spiro atoms. The van der Waals surface area contributed by atoms with E-state index in [1.54, 1.807) is 6.07 Å². The van der Waals surface area contributed by atoms with Crippen molar-refractivity contribution in [2.24, 2.45) is 0 Å². The van der Waals surface area contributed by atoms with E-state index in [9.17, 15) is 9.59 Å². The largest absolute Gasteiger partial charge is 0.388 e. The van der Waals surface area contributed by atoms with Crippen molar-refractivity contribution >= 4 is 35.3 Å². The molecule has 0 amide bonds. The van der Waals surface area contributed by atoms with Gasteiger partial charge in [0, 0.05) is 24.5 Å². The molecule has 2 rings (SSSR count). The first kappa shape index (κ1) is 22.1. The second kappa shape index (κ2) is 14.7. The van der Waals surface area contributed by atoms with Gasteiger partial charge in [-0.05, 0) is 36.5 Å². The van der Waals surface area contributed by atoms with Crippen LogP contribution in [-0.4, -0.2) is 28.4 Å². The van der Waals surface area contributed by atoms with Gasteiger partial charge in [0.05, 0.1) is 0 Å². The Morgan fingerprint density at radius 1 is 1.21 bits per heavy atom. The number of benzene rings is 1. The van der Waals surface area contributed by atoms with Crippen molar-refractivity contribution in [3.63, 3.8) is 0 Å². The molecule has 7 heteroatoms. The third kappa shape index (κ3) is 11.7. The van der Waals surface area contributed by atoms with Crippen molar-refractivity contribution < 1.29 is 4.79 Å². The number of rotatable bonds is 5. The molecule has 1 aromatic heterocycles. The number of H-pyrrole nitrogens is 2. The standard InChI is InChI=1S/C7H10N2OS.C7H9N.C3H6OS/c1-2-3-5-4-6(10)9-7(11)8-5;1-8-7-5-3-2-4-6-7;1-2-5-3-4/h4H,2-3H2,1H3,(H2,8,9,10,11);2-6,8H,1H3;3H,2H2,1H3. The third-order valence-corrected chi connectivity index (χ3v) is 3.31. The maximum Gasteiger partial charge on any atom is 0.251 e. The van der Waals surface area contributed by atoms with E-state index in [1.165, 1.54) is 11.8 Å². The highest BCUT2D eigenvalue weighted by Crippen LogP contribution is 2.01. The minimum atomic E-state index is -0.128. The molecule has 0 aliphatic carbocycles. The summed E-state index contributed by atoms with van der Waals surface area (Å²) in [6.07, 6.45) is 1.88. The second-order valence-corrected chi connectivity index (χ2v) is 6.04. The van der Waals surface area contributed by atoms with E-state index in [0.717, 1.165) is 35.6 Å². The molecule has 0 unspecified atom stereocenters. The lowest BCUT2D eigenvalue weighted by molar-refractivity contribution is 0.570. The van der Waals surface area contributed by atoms with Gasteiger partial charge in [0.1, 0.15) is 0 Å². The van der Waals surface area contributed by atoms with Crippen LogP contribution in [0, 0.1) is 4.77 Å². The fraction of sp³-hybridized carbons (Fsp3) is 0.353. The van der Waals surface area contributed by atoms with Gasteiger partial charge >= 0.3 is 0 Å². The molecule has 0 fully saturated rings. The van der Waals surface area contributed by atoms with E-state index in [0.29, 0.717) is 4.77 Å². The van der Waals surface area contributed by atoms with Crippen LogP contribution in [0.3, 0.4) is 0 Å². The Hall–Kier alpha value is -1.86. The highest BCUT2D eigenvalue weighted by molar-refractivity contribution is 8.11. The van der Waals surface area contributed by atoms with Crippen LogP contribution in [0.5, 0.6) is 0 Å². The van der Waals surface area contributed by atoms with E-state index >= 15 is 0 Å². The van der Waals surface area contributed by atoms with E-state index in [2.05, 4.69) is 22.2 Å². The highest BCUT2D eigenvalue weighted by Gasteiger charge is 1.91. The van der Waals surface area contributed by atoms with Gasteiger partial charge in [-0.15, -0.1) is 0 Å². The van der Waals surface area contributed by atoms with Crippen LogP contribution in [0.2, 0.25) is 0 Å². The van der Waals surface area contributed by atoms with Crippen molar-refractivity contribution in [1.82, 2.24) is 9.97 Å². The van der Waals surface area contributed by atoms with Crippen LogP contribution in [0.15, 0.2) is 41.2 Å². The summed E-state index contributed by atoms with van der Waals surface area (Å²) in [4.78, 5) is 25.6. The summed E-state index contributed by atoms with van der Waals surface area (Å²) in [5.74, 6) is 0.892. The number of hydrogen-bond acceptors (Lipinski definition) is 5. The van der Waals surface area contributed by atoms with E-state index < -0.39 is 0 Å². The van der Waals surface area contributed by atoms with Gasteiger partial charge in [0.2, 0.25) is 0 Å². The SMILES string of the molecule is CCCc1cc(=O)[nH]c(=S)[nH]1.CCSC=O.CNc1ccccc1. The predicted molar refractivity (Wildman–Crippen MR) is 107 cm³/mol. The summed E-state index contributed by atoms with van der Waals surface area (Å²) >= 11 is 6.07. The Balaban J connectivity index is 0.000000358. The number of anilines is 1. The van der Waals surface area contributed by atoms with Crippen LogP contribution in [0.25, 0.3) is 0 Å². The zero-order valence-corrected chi connectivity index (χ0v) is 15.9. The van der Waals surface area contributed by atoms with Crippen molar-refractivity contribution in [3.05, 3.63) is 57.2 Å². The average molecular weight is 368 g/mol. The number of thioether (sulfide) groups is 1. The van der Waals surface area contributed by atoms with Crippen LogP contribution in [-0.2, 0) is 11.2 Å². The Bertz CT molecular complexity index is 641. The lowest BCUT2D eigenvalue weighted by atomic mass is 10.2. The van der Waals surface area contributed by atoms with Gasteiger partial charge < -0.3 is 10.3 Å². The Kier molecular flexibility index (Phi) is 13.6. The number of carbonyl (C=O) groups is 1. The molecule has 2 aromatic rings. The molecule has 1 aromatic carbocycles. The molecule has 0 aliphatic rings. The van der Waals surface area contributed by atoms with Gasteiger partial charge in [-0.2, -0.15) is 0 Å². The molecule has 132 valence electrons. The van der Waals surface area contributed by atoms with Crippen molar-refractivity contribution in [1.29, 1.82) is 0 Å². The van der Waals surface area contributed by atoms with Crippen molar-refractivity contribution in [3.8, 4) is 0 Å². The first-order valence-electron chi connectivity index (χ1n) is 7.67. The molecular weight excluding hydrogens is 342 g/mol. The summed E-state index contributed by atoms with van der Waals surface area (Å²) in [6, 6.07) is 11.6.